The summed E-state index contributed by atoms with van der Waals surface area (Å²) in [5.41, 5.74) is 0.922. The SMILES string of the molecule is C/C=C(\C)CCOP(=O)(O)OP(=O)(O)O. The van der Waals surface area contributed by atoms with Gasteiger partial charge in [0.15, 0.2) is 0 Å². The molecule has 3 N–H and O–H groups in total. The fourth-order valence-corrected chi connectivity index (χ4v) is 2.21. The van der Waals surface area contributed by atoms with Crippen molar-refractivity contribution in [3.63, 3.8) is 0 Å². The van der Waals surface area contributed by atoms with E-state index in [2.05, 4.69) is 8.83 Å². The Kier molecular flexibility index (Phi) is 5.92. The average Bonchev–Trinajstić information content (AvgIpc) is 1.98. The van der Waals surface area contributed by atoms with Gasteiger partial charge in [0.2, 0.25) is 0 Å². The van der Waals surface area contributed by atoms with Crippen LogP contribution in [0.4, 0.5) is 0 Å². The van der Waals surface area contributed by atoms with Crippen LogP contribution in [0, 0.1) is 0 Å². The van der Waals surface area contributed by atoms with Gasteiger partial charge in [-0.15, -0.1) is 0 Å². The largest absolute Gasteiger partial charge is 0.481 e. The van der Waals surface area contributed by atoms with Crippen LogP contribution in [0.5, 0.6) is 0 Å². The monoisotopic (exact) mass is 260 g/mol. The summed E-state index contributed by atoms with van der Waals surface area (Å²) in [6, 6.07) is 0. The van der Waals surface area contributed by atoms with Crippen LogP contribution in [0.25, 0.3) is 0 Å². The van der Waals surface area contributed by atoms with Crippen molar-refractivity contribution in [2.45, 2.75) is 20.3 Å². The molecule has 15 heavy (non-hydrogen) atoms. The molecular weight excluding hydrogens is 246 g/mol. The molecule has 0 aromatic rings. The van der Waals surface area contributed by atoms with Crippen molar-refractivity contribution in [3.05, 3.63) is 11.6 Å². The van der Waals surface area contributed by atoms with E-state index in [1.807, 2.05) is 0 Å². The Bertz CT molecular complexity index is 317. The maximum atomic E-state index is 10.9. The minimum absolute atomic E-state index is 0.149. The smallest absolute Gasteiger partial charge is 0.302 e. The first-order chi connectivity index (χ1) is 6.66. The Labute approximate surface area is 87.6 Å². The number of allylic oxidation sites excluding steroid dienone is 1. The second kappa shape index (κ2) is 5.92. The summed E-state index contributed by atoms with van der Waals surface area (Å²) in [5.74, 6) is 0. The predicted octanol–water partition coefficient (Wildman–Crippen LogP) is 1.57. The molecule has 1 atom stereocenters. The lowest BCUT2D eigenvalue weighted by Crippen LogP contribution is -1.96. The Hall–Kier alpha value is -0.0000000000000000416. The molecule has 90 valence electrons. The summed E-state index contributed by atoms with van der Waals surface area (Å²) in [5, 5.41) is 0. The van der Waals surface area contributed by atoms with Gasteiger partial charge in [0.25, 0.3) is 0 Å². The molecule has 0 bridgehead atoms. The van der Waals surface area contributed by atoms with Crippen LogP contribution in [0.15, 0.2) is 11.6 Å². The van der Waals surface area contributed by atoms with Gasteiger partial charge in [-0.05, 0) is 20.3 Å². The molecule has 0 aliphatic rings. The van der Waals surface area contributed by atoms with Crippen molar-refractivity contribution < 1.29 is 32.6 Å². The molecule has 0 rings (SSSR count). The van der Waals surface area contributed by atoms with Crippen molar-refractivity contribution in [3.8, 4) is 0 Å². The third kappa shape index (κ3) is 8.96. The third-order valence-electron chi connectivity index (χ3n) is 1.45. The Morgan fingerprint density at radius 3 is 2.27 bits per heavy atom. The standard InChI is InChI=1S/C6H14O7P2/c1-3-6(2)4-5-12-15(10,11)13-14(7,8)9/h3H,4-5H2,1-2H3,(H,10,11)(H2,7,8,9)/b6-3+. The van der Waals surface area contributed by atoms with Crippen LogP contribution in [0.1, 0.15) is 20.3 Å². The van der Waals surface area contributed by atoms with Gasteiger partial charge in [0, 0.05) is 0 Å². The highest BCUT2D eigenvalue weighted by Gasteiger charge is 2.31. The second-order valence-electron chi connectivity index (χ2n) is 2.76. The molecule has 0 aliphatic heterocycles. The molecule has 7 nitrogen and oxygen atoms in total. The summed E-state index contributed by atoms with van der Waals surface area (Å²) in [4.78, 5) is 25.4. The zero-order valence-corrected chi connectivity index (χ0v) is 10.1. The van der Waals surface area contributed by atoms with Gasteiger partial charge in [-0.1, -0.05) is 11.6 Å². The fraction of sp³-hybridized carbons (Fsp3) is 0.667. The van der Waals surface area contributed by atoms with Gasteiger partial charge in [-0.2, -0.15) is 4.31 Å². The molecule has 9 heteroatoms. The molecular formula is C6H14O7P2. The van der Waals surface area contributed by atoms with E-state index >= 15 is 0 Å². The van der Waals surface area contributed by atoms with E-state index in [-0.39, 0.29) is 6.61 Å². The van der Waals surface area contributed by atoms with E-state index in [0.29, 0.717) is 6.42 Å². The highest BCUT2D eigenvalue weighted by Crippen LogP contribution is 2.57. The minimum atomic E-state index is -5.01. The van der Waals surface area contributed by atoms with Crippen molar-refractivity contribution in [1.29, 1.82) is 0 Å². The minimum Gasteiger partial charge on any atom is -0.302 e. The van der Waals surface area contributed by atoms with Crippen LogP contribution >= 0.6 is 15.6 Å². The summed E-state index contributed by atoms with van der Waals surface area (Å²) < 4.78 is 29.1. The van der Waals surface area contributed by atoms with E-state index in [0.717, 1.165) is 5.57 Å². The zero-order chi connectivity index (χ0) is 12.1. The number of phosphoric ester groups is 1. The Morgan fingerprint density at radius 1 is 1.33 bits per heavy atom. The van der Waals surface area contributed by atoms with E-state index < -0.39 is 15.6 Å². The Balaban J connectivity index is 4.06. The average molecular weight is 260 g/mol. The zero-order valence-electron chi connectivity index (χ0n) is 8.36. The fourth-order valence-electron chi connectivity index (χ4n) is 0.624. The number of rotatable bonds is 6. The highest BCUT2D eigenvalue weighted by molar-refractivity contribution is 7.60. The topological polar surface area (TPSA) is 113 Å². The van der Waals surface area contributed by atoms with Gasteiger partial charge in [0.05, 0.1) is 6.61 Å². The van der Waals surface area contributed by atoms with Crippen LogP contribution in [0.3, 0.4) is 0 Å². The van der Waals surface area contributed by atoms with E-state index in [1.54, 1.807) is 19.9 Å². The predicted molar refractivity (Wildman–Crippen MR) is 53.0 cm³/mol. The molecule has 0 heterocycles. The first kappa shape index (κ1) is 15.0. The molecule has 0 aromatic carbocycles. The van der Waals surface area contributed by atoms with E-state index in [4.69, 9.17) is 14.7 Å². The lowest BCUT2D eigenvalue weighted by atomic mass is 10.2. The maximum absolute atomic E-state index is 10.9. The first-order valence-corrected chi connectivity index (χ1v) is 7.05. The quantitative estimate of drug-likeness (QED) is 0.490. The number of hydrogen-bond donors (Lipinski definition) is 3. The van der Waals surface area contributed by atoms with Crippen LogP contribution in [-0.2, 0) is 18.0 Å². The first-order valence-electron chi connectivity index (χ1n) is 4.02. The van der Waals surface area contributed by atoms with Crippen LogP contribution in [-0.4, -0.2) is 21.3 Å². The summed E-state index contributed by atoms with van der Waals surface area (Å²) in [6.07, 6.45) is 2.17. The van der Waals surface area contributed by atoms with Crippen molar-refractivity contribution >= 4 is 15.6 Å². The third-order valence-corrected chi connectivity index (χ3v) is 3.64. The van der Waals surface area contributed by atoms with Crippen molar-refractivity contribution in [2.24, 2.45) is 0 Å². The molecule has 0 aromatic heterocycles. The number of hydrogen-bond acceptors (Lipinski definition) is 4. The van der Waals surface area contributed by atoms with Crippen LogP contribution in [0.2, 0.25) is 0 Å². The molecule has 0 radical (unpaired) electrons. The van der Waals surface area contributed by atoms with Crippen LogP contribution < -0.4 is 0 Å². The lowest BCUT2D eigenvalue weighted by Gasteiger charge is -2.12. The van der Waals surface area contributed by atoms with Gasteiger partial charge in [-0.25, -0.2) is 9.13 Å². The van der Waals surface area contributed by atoms with Crippen molar-refractivity contribution in [1.82, 2.24) is 0 Å². The molecule has 0 amide bonds. The van der Waals surface area contributed by atoms with Gasteiger partial charge < -0.3 is 14.7 Å². The van der Waals surface area contributed by atoms with E-state index in [9.17, 15) is 9.13 Å². The molecule has 0 saturated heterocycles. The molecule has 0 fully saturated rings. The van der Waals surface area contributed by atoms with Gasteiger partial charge in [0.1, 0.15) is 0 Å². The summed E-state index contributed by atoms with van der Waals surface area (Å²) >= 11 is 0. The van der Waals surface area contributed by atoms with E-state index in [1.165, 1.54) is 0 Å². The number of phosphoric acid groups is 2. The lowest BCUT2D eigenvalue weighted by molar-refractivity contribution is 0.180. The molecule has 0 spiro atoms. The van der Waals surface area contributed by atoms with Gasteiger partial charge >= 0.3 is 15.6 Å². The highest BCUT2D eigenvalue weighted by atomic mass is 31.3. The molecule has 0 aliphatic carbocycles. The maximum Gasteiger partial charge on any atom is 0.481 e. The normalized spacial score (nSPS) is 17.5. The summed E-state index contributed by atoms with van der Waals surface area (Å²) in [6.45, 7) is 3.43. The van der Waals surface area contributed by atoms with Crippen molar-refractivity contribution in [2.75, 3.05) is 6.61 Å². The molecule has 1 unspecified atom stereocenters. The molecule has 0 saturated carbocycles. The van der Waals surface area contributed by atoms with Gasteiger partial charge in [-0.3, -0.25) is 4.52 Å². The Morgan fingerprint density at radius 2 is 1.87 bits per heavy atom. The second-order valence-corrected chi connectivity index (χ2v) is 5.59. The summed E-state index contributed by atoms with van der Waals surface area (Å²) in [7, 11) is -9.68.